The summed E-state index contributed by atoms with van der Waals surface area (Å²) in [6, 6.07) is 23.9. The van der Waals surface area contributed by atoms with E-state index in [-0.39, 0.29) is 24.4 Å². The first kappa shape index (κ1) is 25.6. The van der Waals surface area contributed by atoms with E-state index in [0.29, 0.717) is 47.4 Å². The van der Waals surface area contributed by atoms with Crippen molar-refractivity contribution in [2.24, 2.45) is 5.92 Å². The van der Waals surface area contributed by atoms with Crippen LogP contribution in [0.4, 0.5) is 0 Å². The number of hydrogen-bond acceptors (Lipinski definition) is 7. The van der Waals surface area contributed by atoms with Crippen molar-refractivity contribution < 1.29 is 40.8 Å². The van der Waals surface area contributed by atoms with Crippen LogP contribution in [0.1, 0.15) is 29.9 Å². The number of rotatable bonds is 5. The Hall–Kier alpha value is -3.72. The molecule has 3 fully saturated rings. The number of aliphatic hydroxyl groups is 1. The fourth-order valence-corrected chi connectivity index (χ4v) is 6.30. The SMILES string of the molecule is O=C(O[C@H]1C[N+]2(Cc3nc(-c4ccccc4)no3)CCC1CC2)C1(O)c2ccccc2Oc2ccccc21.[Cl-]. The molecule has 0 aliphatic carbocycles. The van der Waals surface area contributed by atoms with Crippen LogP contribution in [0.15, 0.2) is 83.4 Å². The number of piperidine rings is 3. The number of ether oxygens (including phenoxy) is 2. The number of benzene rings is 3. The van der Waals surface area contributed by atoms with Crippen LogP contribution in [-0.4, -0.2) is 51.4 Å². The molecular weight excluding hydrogens is 518 g/mol. The Morgan fingerprint density at radius 1 is 0.949 bits per heavy atom. The fourth-order valence-electron chi connectivity index (χ4n) is 6.30. The van der Waals surface area contributed by atoms with Gasteiger partial charge in [-0.2, -0.15) is 4.98 Å². The maximum atomic E-state index is 13.8. The molecule has 9 heteroatoms. The molecule has 1 aromatic heterocycles. The van der Waals surface area contributed by atoms with Crippen LogP contribution in [0.25, 0.3) is 11.4 Å². The molecule has 1 N–H and O–H groups in total. The second kappa shape index (κ2) is 9.79. The summed E-state index contributed by atoms with van der Waals surface area (Å²) >= 11 is 0. The summed E-state index contributed by atoms with van der Waals surface area (Å²) in [4.78, 5) is 18.5. The number of aromatic nitrogens is 2. The third kappa shape index (κ3) is 4.29. The second-order valence-electron chi connectivity index (χ2n) is 10.6. The van der Waals surface area contributed by atoms with Gasteiger partial charge in [0.2, 0.25) is 11.4 Å². The molecular formula is C30H28ClN3O5. The van der Waals surface area contributed by atoms with Gasteiger partial charge in [-0.05, 0) is 12.1 Å². The second-order valence-corrected chi connectivity index (χ2v) is 10.6. The van der Waals surface area contributed by atoms with E-state index >= 15 is 0 Å². The highest BCUT2D eigenvalue weighted by Crippen LogP contribution is 2.48. The molecule has 2 bridgehead atoms. The monoisotopic (exact) mass is 545 g/mol. The van der Waals surface area contributed by atoms with Gasteiger partial charge in [0.1, 0.15) is 18.0 Å². The van der Waals surface area contributed by atoms with Gasteiger partial charge in [-0.1, -0.05) is 71.9 Å². The van der Waals surface area contributed by atoms with E-state index in [1.807, 2.05) is 42.5 Å². The Kier molecular flexibility index (Phi) is 6.41. The van der Waals surface area contributed by atoms with E-state index in [2.05, 4.69) is 10.1 Å². The van der Waals surface area contributed by atoms with Crippen LogP contribution in [0, 0.1) is 5.92 Å². The molecule has 0 spiro atoms. The summed E-state index contributed by atoms with van der Waals surface area (Å²) < 4.78 is 18.5. The highest BCUT2D eigenvalue weighted by atomic mass is 35.5. The molecule has 5 heterocycles. The summed E-state index contributed by atoms with van der Waals surface area (Å²) in [5.74, 6) is 1.66. The standard InChI is InChI=1S/C30H28N3O5.ClH/c34-29(30(35)22-10-4-6-12-24(22)36-25-13-7-5-11-23(25)30)37-26-18-33(16-14-20(26)15-17-33)19-27-31-28(32-38-27)21-8-2-1-3-9-21;/h1-13,20,26,35H,14-19H2;1H/q+1;/p-1/t20?,26-,33?;/m0./s1. The molecule has 4 aromatic rings. The van der Waals surface area contributed by atoms with Crippen LogP contribution in [0.3, 0.4) is 0 Å². The van der Waals surface area contributed by atoms with Crippen LogP contribution in [0.2, 0.25) is 0 Å². The summed E-state index contributed by atoms with van der Waals surface area (Å²) in [6.45, 7) is 3.16. The Bertz CT molecular complexity index is 1450. The van der Waals surface area contributed by atoms with E-state index in [9.17, 15) is 9.90 Å². The first-order valence-corrected chi connectivity index (χ1v) is 13.1. The van der Waals surface area contributed by atoms with Gasteiger partial charge in [0.05, 0.1) is 13.1 Å². The van der Waals surface area contributed by atoms with Gasteiger partial charge in [0.25, 0.3) is 5.89 Å². The zero-order chi connectivity index (χ0) is 25.7. The molecule has 0 saturated carbocycles. The van der Waals surface area contributed by atoms with Gasteiger partial charge in [-0.25, -0.2) is 4.79 Å². The lowest BCUT2D eigenvalue weighted by molar-refractivity contribution is -0.959. The number of carbonyl (C=O) groups excluding carboxylic acids is 1. The van der Waals surface area contributed by atoms with E-state index < -0.39 is 11.6 Å². The van der Waals surface area contributed by atoms with E-state index in [4.69, 9.17) is 14.0 Å². The number of hydrogen-bond donors (Lipinski definition) is 1. The highest BCUT2D eigenvalue weighted by molar-refractivity contribution is 5.88. The molecule has 8 rings (SSSR count). The summed E-state index contributed by atoms with van der Waals surface area (Å²) in [6.07, 6.45) is 1.56. The molecule has 3 aromatic carbocycles. The largest absolute Gasteiger partial charge is 1.00 e. The van der Waals surface area contributed by atoms with Crippen LogP contribution in [-0.2, 0) is 21.7 Å². The van der Waals surface area contributed by atoms with Gasteiger partial charge >= 0.3 is 5.97 Å². The molecule has 0 amide bonds. The predicted molar refractivity (Wildman–Crippen MR) is 137 cm³/mol. The zero-order valence-corrected chi connectivity index (χ0v) is 22.0. The van der Waals surface area contributed by atoms with Gasteiger partial charge in [-0.15, -0.1) is 0 Å². The van der Waals surface area contributed by atoms with E-state index in [1.165, 1.54) is 0 Å². The minimum Gasteiger partial charge on any atom is -1.00 e. The summed E-state index contributed by atoms with van der Waals surface area (Å²) in [5.41, 5.74) is -0.238. The lowest BCUT2D eigenvalue weighted by atomic mass is 9.81. The fraction of sp³-hybridized carbons (Fsp3) is 0.300. The van der Waals surface area contributed by atoms with Crippen molar-refractivity contribution in [3.8, 4) is 22.9 Å². The molecule has 39 heavy (non-hydrogen) atoms. The molecule has 0 radical (unpaired) electrons. The average Bonchev–Trinajstić information content (AvgIpc) is 3.42. The van der Waals surface area contributed by atoms with Gasteiger partial charge in [0.15, 0.2) is 12.6 Å². The number of quaternary nitrogens is 1. The van der Waals surface area contributed by atoms with Crippen LogP contribution < -0.4 is 17.1 Å². The third-order valence-electron chi connectivity index (χ3n) is 8.34. The maximum Gasteiger partial charge on any atom is 0.348 e. The lowest BCUT2D eigenvalue weighted by Crippen LogP contribution is -3.00. The normalized spacial score (nSPS) is 24.0. The molecule has 200 valence electrons. The lowest BCUT2D eigenvalue weighted by Gasteiger charge is -2.51. The minimum absolute atomic E-state index is 0. The number of nitrogens with zero attached hydrogens (tertiary/aromatic N) is 3. The predicted octanol–water partition coefficient (Wildman–Crippen LogP) is 1.43. The van der Waals surface area contributed by atoms with Crippen molar-refractivity contribution in [1.82, 2.24) is 10.1 Å². The van der Waals surface area contributed by atoms with Gasteiger partial charge in [0, 0.05) is 35.4 Å². The number of fused-ring (bicyclic) bond motifs is 5. The topological polar surface area (TPSA) is 94.7 Å². The van der Waals surface area contributed by atoms with Crippen LogP contribution >= 0.6 is 0 Å². The van der Waals surface area contributed by atoms with Crippen molar-refractivity contribution in [1.29, 1.82) is 0 Å². The Morgan fingerprint density at radius 3 is 2.23 bits per heavy atom. The number of halogens is 1. The van der Waals surface area contributed by atoms with Crippen molar-refractivity contribution in [2.75, 3.05) is 19.6 Å². The third-order valence-corrected chi connectivity index (χ3v) is 8.34. The Morgan fingerprint density at radius 2 is 1.56 bits per heavy atom. The Labute approximate surface area is 232 Å². The highest BCUT2D eigenvalue weighted by Gasteiger charge is 2.53. The number of para-hydroxylation sites is 2. The molecule has 4 aliphatic rings. The minimum atomic E-state index is -1.95. The Balaban J connectivity index is 0.00000277. The van der Waals surface area contributed by atoms with Crippen molar-refractivity contribution in [3.63, 3.8) is 0 Å². The summed E-state index contributed by atoms with van der Waals surface area (Å²) in [7, 11) is 0. The van der Waals surface area contributed by atoms with Gasteiger partial charge < -0.3 is 36.0 Å². The number of esters is 1. The molecule has 8 nitrogen and oxygen atoms in total. The molecule has 4 aliphatic heterocycles. The molecule has 0 unspecified atom stereocenters. The van der Waals surface area contributed by atoms with Crippen LogP contribution in [0.5, 0.6) is 11.5 Å². The average molecular weight is 546 g/mol. The first-order valence-electron chi connectivity index (χ1n) is 13.1. The smallest absolute Gasteiger partial charge is 0.348 e. The van der Waals surface area contributed by atoms with Gasteiger partial charge in [-0.3, -0.25) is 0 Å². The molecule has 1 atom stereocenters. The quantitative estimate of drug-likeness (QED) is 0.299. The van der Waals surface area contributed by atoms with Crippen molar-refractivity contribution >= 4 is 5.97 Å². The summed E-state index contributed by atoms with van der Waals surface area (Å²) in [5, 5.41) is 16.1. The van der Waals surface area contributed by atoms with E-state index in [1.54, 1.807) is 36.4 Å². The van der Waals surface area contributed by atoms with Crippen molar-refractivity contribution in [2.45, 2.75) is 31.1 Å². The van der Waals surface area contributed by atoms with E-state index in [0.717, 1.165) is 36.0 Å². The van der Waals surface area contributed by atoms with Crippen molar-refractivity contribution in [3.05, 3.63) is 95.9 Å². The zero-order valence-electron chi connectivity index (χ0n) is 21.2. The number of carbonyl (C=O) groups is 1. The maximum absolute atomic E-state index is 13.8. The first-order chi connectivity index (χ1) is 18.5. The molecule has 3 saturated heterocycles.